The third kappa shape index (κ3) is 4.14. The lowest BCUT2D eigenvalue weighted by molar-refractivity contribution is 0.355. The van der Waals surface area contributed by atoms with Crippen LogP contribution in [0.15, 0.2) is 28.8 Å². The Labute approximate surface area is 157 Å². The second-order valence-electron chi connectivity index (χ2n) is 5.65. The number of hydrogen-bond acceptors (Lipinski definition) is 7. The molecular formula is C17H22ClN5O3. The first-order valence-corrected chi connectivity index (χ1v) is 7.92. The number of nitrogens with zero attached hydrogens (tertiary/aromatic N) is 3. The minimum atomic E-state index is 0. The zero-order valence-corrected chi connectivity index (χ0v) is 15.9. The second-order valence-corrected chi connectivity index (χ2v) is 5.65. The molecule has 0 saturated heterocycles. The number of H-pyrrole nitrogens is 1. The Hall–Kier alpha value is -2.58. The Bertz CT molecular complexity index is 849. The largest absolute Gasteiger partial charge is 0.493 e. The predicted octanol–water partition coefficient (Wildman–Crippen LogP) is 2.72. The molecule has 1 atom stereocenters. The van der Waals surface area contributed by atoms with Crippen LogP contribution in [0.4, 0.5) is 0 Å². The summed E-state index contributed by atoms with van der Waals surface area (Å²) < 4.78 is 15.9. The SMILES string of the molecule is CNC(C)Cc1noc(-c2cc(-c3ccc(OC)c(OC)c3)n[nH]2)n1.Cl. The lowest BCUT2D eigenvalue weighted by Gasteiger charge is -2.08. The van der Waals surface area contributed by atoms with Crippen LogP contribution >= 0.6 is 12.4 Å². The van der Waals surface area contributed by atoms with Crippen LogP contribution in [-0.4, -0.2) is 47.6 Å². The van der Waals surface area contributed by atoms with Crippen LogP contribution in [0, 0.1) is 0 Å². The van der Waals surface area contributed by atoms with E-state index in [-0.39, 0.29) is 18.4 Å². The molecule has 0 spiro atoms. The summed E-state index contributed by atoms with van der Waals surface area (Å²) in [6.07, 6.45) is 0.691. The number of methoxy groups -OCH3 is 2. The van der Waals surface area contributed by atoms with Gasteiger partial charge in [0.25, 0.3) is 5.89 Å². The molecule has 140 valence electrons. The first kappa shape index (κ1) is 19.7. The molecule has 0 aliphatic carbocycles. The fourth-order valence-electron chi connectivity index (χ4n) is 2.40. The Morgan fingerprint density at radius 3 is 2.65 bits per heavy atom. The summed E-state index contributed by atoms with van der Waals surface area (Å²) in [5.41, 5.74) is 2.31. The maximum Gasteiger partial charge on any atom is 0.275 e. The maximum atomic E-state index is 5.33. The summed E-state index contributed by atoms with van der Waals surface area (Å²) in [6.45, 7) is 2.06. The van der Waals surface area contributed by atoms with Crippen molar-refractivity contribution in [3.8, 4) is 34.3 Å². The second kappa shape index (κ2) is 8.68. The highest BCUT2D eigenvalue weighted by atomic mass is 35.5. The summed E-state index contributed by atoms with van der Waals surface area (Å²) in [5, 5.41) is 14.4. The molecule has 8 nitrogen and oxygen atoms in total. The van der Waals surface area contributed by atoms with Gasteiger partial charge >= 0.3 is 0 Å². The number of halogens is 1. The van der Waals surface area contributed by atoms with Crippen LogP contribution in [0.2, 0.25) is 0 Å². The van der Waals surface area contributed by atoms with Crippen molar-refractivity contribution in [3.05, 3.63) is 30.1 Å². The number of hydrogen-bond donors (Lipinski definition) is 2. The van der Waals surface area contributed by atoms with E-state index >= 15 is 0 Å². The van der Waals surface area contributed by atoms with Gasteiger partial charge in [0.1, 0.15) is 5.69 Å². The van der Waals surface area contributed by atoms with Gasteiger partial charge < -0.3 is 19.3 Å². The van der Waals surface area contributed by atoms with E-state index in [9.17, 15) is 0 Å². The molecular weight excluding hydrogens is 358 g/mol. The summed E-state index contributed by atoms with van der Waals surface area (Å²) in [5.74, 6) is 2.38. The van der Waals surface area contributed by atoms with Gasteiger partial charge in [-0.2, -0.15) is 10.1 Å². The molecule has 3 rings (SSSR count). The van der Waals surface area contributed by atoms with Crippen LogP contribution in [0.25, 0.3) is 22.8 Å². The molecule has 0 aliphatic rings. The van der Waals surface area contributed by atoms with Crippen molar-refractivity contribution in [1.82, 2.24) is 25.7 Å². The van der Waals surface area contributed by atoms with Gasteiger partial charge in [-0.15, -0.1) is 12.4 Å². The molecule has 0 fully saturated rings. The van der Waals surface area contributed by atoms with Crippen LogP contribution in [0.3, 0.4) is 0 Å². The van der Waals surface area contributed by atoms with Crippen molar-refractivity contribution in [1.29, 1.82) is 0 Å². The van der Waals surface area contributed by atoms with E-state index in [1.54, 1.807) is 14.2 Å². The van der Waals surface area contributed by atoms with Crippen LogP contribution in [-0.2, 0) is 6.42 Å². The Morgan fingerprint density at radius 1 is 1.19 bits per heavy atom. The number of ether oxygens (including phenoxy) is 2. The number of rotatable bonds is 7. The Balaban J connectivity index is 0.00000243. The minimum Gasteiger partial charge on any atom is -0.493 e. The van der Waals surface area contributed by atoms with E-state index in [0.29, 0.717) is 35.3 Å². The Kier molecular flexibility index (Phi) is 6.59. The topological polar surface area (TPSA) is 98.1 Å². The van der Waals surface area contributed by atoms with Gasteiger partial charge in [-0.3, -0.25) is 5.10 Å². The molecule has 0 amide bonds. The highest BCUT2D eigenvalue weighted by molar-refractivity contribution is 5.85. The van der Waals surface area contributed by atoms with Gasteiger partial charge in [0, 0.05) is 18.0 Å². The number of aromatic amines is 1. The van der Waals surface area contributed by atoms with E-state index in [0.717, 1.165) is 11.3 Å². The van der Waals surface area contributed by atoms with Crippen molar-refractivity contribution >= 4 is 12.4 Å². The van der Waals surface area contributed by atoms with Crippen LogP contribution in [0.5, 0.6) is 11.5 Å². The fraction of sp³-hybridized carbons (Fsp3) is 0.353. The van der Waals surface area contributed by atoms with Gasteiger partial charge in [-0.05, 0) is 38.2 Å². The molecule has 2 heterocycles. The molecule has 26 heavy (non-hydrogen) atoms. The third-order valence-corrected chi connectivity index (χ3v) is 3.94. The number of likely N-dealkylation sites (N-methyl/N-ethyl adjacent to an activating group) is 1. The zero-order valence-electron chi connectivity index (χ0n) is 15.1. The average molecular weight is 380 g/mol. The number of aromatic nitrogens is 4. The standard InChI is InChI=1S/C17H21N5O3.ClH/c1-10(18-2)7-16-19-17(25-22-16)13-9-12(20-21-13)11-5-6-14(23-3)15(8-11)24-4;/h5-6,8-10,18H,7H2,1-4H3,(H,20,21);1H. The summed E-state index contributed by atoms with van der Waals surface area (Å²) in [6, 6.07) is 7.75. The van der Waals surface area contributed by atoms with E-state index in [2.05, 4.69) is 32.6 Å². The molecule has 0 bridgehead atoms. The van der Waals surface area contributed by atoms with Gasteiger partial charge in [-0.25, -0.2) is 0 Å². The van der Waals surface area contributed by atoms with Crippen LogP contribution < -0.4 is 14.8 Å². The molecule has 0 radical (unpaired) electrons. The van der Waals surface area contributed by atoms with Gasteiger partial charge in [0.05, 0.1) is 19.9 Å². The van der Waals surface area contributed by atoms with Crippen molar-refractivity contribution < 1.29 is 14.0 Å². The van der Waals surface area contributed by atoms with Crippen molar-refractivity contribution in [2.24, 2.45) is 0 Å². The van der Waals surface area contributed by atoms with Crippen LogP contribution in [0.1, 0.15) is 12.7 Å². The molecule has 1 aromatic carbocycles. The lowest BCUT2D eigenvalue weighted by atomic mass is 10.1. The average Bonchev–Trinajstić information content (AvgIpc) is 3.30. The van der Waals surface area contributed by atoms with Crippen molar-refractivity contribution in [2.45, 2.75) is 19.4 Å². The van der Waals surface area contributed by atoms with E-state index in [4.69, 9.17) is 14.0 Å². The first-order chi connectivity index (χ1) is 12.1. The van der Waals surface area contributed by atoms with Gasteiger partial charge in [-0.1, -0.05) is 5.16 Å². The lowest BCUT2D eigenvalue weighted by Crippen LogP contribution is -2.24. The smallest absolute Gasteiger partial charge is 0.275 e. The summed E-state index contributed by atoms with van der Waals surface area (Å²) in [7, 11) is 5.10. The monoisotopic (exact) mass is 379 g/mol. The molecule has 9 heteroatoms. The van der Waals surface area contributed by atoms with Gasteiger partial charge in [0.2, 0.25) is 0 Å². The number of benzene rings is 1. The van der Waals surface area contributed by atoms with Crippen molar-refractivity contribution in [2.75, 3.05) is 21.3 Å². The molecule has 2 aromatic heterocycles. The first-order valence-electron chi connectivity index (χ1n) is 7.92. The molecule has 2 N–H and O–H groups in total. The molecule has 0 aliphatic heterocycles. The van der Waals surface area contributed by atoms with Crippen molar-refractivity contribution in [3.63, 3.8) is 0 Å². The Morgan fingerprint density at radius 2 is 1.96 bits per heavy atom. The predicted molar refractivity (Wildman–Crippen MR) is 99.9 cm³/mol. The van der Waals surface area contributed by atoms with Gasteiger partial charge in [0.15, 0.2) is 17.3 Å². The maximum absolute atomic E-state index is 5.33. The minimum absolute atomic E-state index is 0. The number of nitrogens with one attached hydrogen (secondary N) is 2. The summed E-state index contributed by atoms with van der Waals surface area (Å²) >= 11 is 0. The van der Waals surface area contributed by atoms with E-state index in [1.165, 1.54) is 0 Å². The fourth-order valence-corrected chi connectivity index (χ4v) is 2.40. The van der Waals surface area contributed by atoms with E-state index < -0.39 is 0 Å². The van der Waals surface area contributed by atoms with E-state index in [1.807, 2.05) is 31.3 Å². The highest BCUT2D eigenvalue weighted by Gasteiger charge is 2.15. The third-order valence-electron chi connectivity index (χ3n) is 3.94. The summed E-state index contributed by atoms with van der Waals surface area (Å²) in [4.78, 5) is 4.40. The molecule has 3 aromatic rings. The zero-order chi connectivity index (χ0) is 17.8. The normalized spacial score (nSPS) is 11.7. The quantitative estimate of drug-likeness (QED) is 0.651. The molecule has 0 saturated carbocycles. The molecule has 1 unspecified atom stereocenters. The highest BCUT2D eigenvalue weighted by Crippen LogP contribution is 2.32.